The number of aryl methyl sites for hydroxylation is 1. The van der Waals surface area contributed by atoms with E-state index in [2.05, 4.69) is 29.7 Å². The molecule has 0 bridgehead atoms. The number of amides is 1. The highest BCUT2D eigenvalue weighted by Gasteiger charge is 2.27. The van der Waals surface area contributed by atoms with Crippen LogP contribution in [-0.4, -0.2) is 11.4 Å². The van der Waals surface area contributed by atoms with Crippen molar-refractivity contribution in [2.45, 2.75) is 25.4 Å². The molecule has 158 valence electrons. The monoisotopic (exact) mass is 450 g/mol. The van der Waals surface area contributed by atoms with Gasteiger partial charge in [-0.1, -0.05) is 72.8 Å². The van der Waals surface area contributed by atoms with E-state index in [1.807, 2.05) is 66.7 Å². The van der Waals surface area contributed by atoms with Gasteiger partial charge in [-0.25, -0.2) is 0 Å². The predicted octanol–water partition coefficient (Wildman–Crippen LogP) is 6.08. The number of halogens is 1. The summed E-state index contributed by atoms with van der Waals surface area (Å²) >= 11 is 7.64. The molecule has 0 saturated carbocycles. The highest BCUT2D eigenvalue weighted by molar-refractivity contribution is 8.05. The van der Waals surface area contributed by atoms with Gasteiger partial charge in [0.15, 0.2) is 5.50 Å². The van der Waals surface area contributed by atoms with Crippen LogP contribution in [0.2, 0.25) is 5.02 Å². The molecule has 3 aromatic carbocycles. The van der Waals surface area contributed by atoms with E-state index in [9.17, 15) is 4.79 Å². The second-order valence-corrected chi connectivity index (χ2v) is 8.68. The molecule has 1 heterocycles. The predicted molar refractivity (Wildman–Crippen MR) is 129 cm³/mol. The maximum Gasteiger partial charge on any atom is 0.260 e. The summed E-state index contributed by atoms with van der Waals surface area (Å²) < 4.78 is 5.82. The lowest BCUT2D eigenvalue weighted by molar-refractivity contribution is -0.116. The first-order valence-electron chi connectivity index (χ1n) is 10.1. The Morgan fingerprint density at radius 1 is 1.06 bits per heavy atom. The van der Waals surface area contributed by atoms with Gasteiger partial charge in [0, 0.05) is 16.3 Å². The van der Waals surface area contributed by atoms with E-state index in [0.717, 1.165) is 29.0 Å². The second kappa shape index (κ2) is 9.94. The van der Waals surface area contributed by atoms with Crippen LogP contribution in [0.4, 0.5) is 5.69 Å². The Morgan fingerprint density at radius 3 is 2.52 bits per heavy atom. The van der Waals surface area contributed by atoms with Crippen molar-refractivity contribution in [2.24, 2.45) is 0 Å². The van der Waals surface area contributed by atoms with Crippen molar-refractivity contribution < 1.29 is 9.53 Å². The van der Waals surface area contributed by atoms with Crippen LogP contribution < -0.4 is 15.4 Å². The first-order valence-corrected chi connectivity index (χ1v) is 11.4. The van der Waals surface area contributed by atoms with Gasteiger partial charge in [0.2, 0.25) is 0 Å². The van der Waals surface area contributed by atoms with E-state index >= 15 is 0 Å². The Labute approximate surface area is 191 Å². The molecule has 0 unspecified atom stereocenters. The minimum atomic E-state index is -0.190. The van der Waals surface area contributed by atoms with E-state index in [-0.39, 0.29) is 11.4 Å². The normalized spacial score (nSPS) is 16.9. The Kier molecular flexibility index (Phi) is 6.85. The van der Waals surface area contributed by atoms with Gasteiger partial charge in [-0.2, -0.15) is 0 Å². The molecule has 0 radical (unpaired) electrons. The maximum atomic E-state index is 12.4. The molecular weight excluding hydrogens is 428 g/mol. The van der Waals surface area contributed by atoms with Gasteiger partial charge in [0.05, 0.1) is 4.91 Å². The summed E-state index contributed by atoms with van der Waals surface area (Å²) in [5, 5.41) is 7.00. The standard InChI is InChI=1S/C25H23ClN2O2S/c1-2-17-7-11-20(12-8-17)27-25-28-24(29)23(31-25)15-18-9-13-21(14-10-18)30-16-19-5-3-4-6-22(19)26/h3-15,25,27H,2,16H2,1H3,(H,28,29)/b23-15-/t25-/m1/s1. The Balaban J connectivity index is 1.35. The molecule has 1 aliphatic heterocycles. The zero-order valence-corrected chi connectivity index (χ0v) is 18.7. The summed E-state index contributed by atoms with van der Waals surface area (Å²) in [4.78, 5) is 13.0. The number of hydrogen-bond acceptors (Lipinski definition) is 4. The number of thioether (sulfide) groups is 1. The SMILES string of the molecule is CCc1ccc(N[C@@H]2NC(=O)/C(=C/c3ccc(OCc4ccccc4Cl)cc3)S2)cc1. The molecule has 3 aromatic rings. The number of rotatable bonds is 7. The average molecular weight is 451 g/mol. The lowest BCUT2D eigenvalue weighted by atomic mass is 10.1. The summed E-state index contributed by atoms with van der Waals surface area (Å²) in [5.74, 6) is 0.674. The molecule has 1 saturated heterocycles. The second-order valence-electron chi connectivity index (χ2n) is 7.12. The van der Waals surface area contributed by atoms with Crippen molar-refractivity contribution >= 4 is 41.0 Å². The smallest absolute Gasteiger partial charge is 0.260 e. The molecular formula is C25H23ClN2O2S. The Hall–Kier alpha value is -2.89. The first-order chi connectivity index (χ1) is 15.1. The van der Waals surface area contributed by atoms with E-state index in [0.29, 0.717) is 16.5 Å². The topological polar surface area (TPSA) is 50.4 Å². The van der Waals surface area contributed by atoms with Crippen molar-refractivity contribution in [3.05, 3.63) is 99.4 Å². The van der Waals surface area contributed by atoms with Gasteiger partial charge < -0.3 is 15.4 Å². The Morgan fingerprint density at radius 2 is 1.81 bits per heavy atom. The van der Waals surface area contributed by atoms with Crippen LogP contribution in [-0.2, 0) is 17.8 Å². The number of ether oxygens (including phenoxy) is 1. The third-order valence-electron chi connectivity index (χ3n) is 4.92. The quantitative estimate of drug-likeness (QED) is 0.428. The molecule has 31 heavy (non-hydrogen) atoms. The first kappa shape index (κ1) is 21.3. The average Bonchev–Trinajstić information content (AvgIpc) is 3.13. The molecule has 4 rings (SSSR count). The lowest BCUT2D eigenvalue weighted by Crippen LogP contribution is -2.30. The fourth-order valence-corrected chi connectivity index (χ4v) is 4.32. The van der Waals surface area contributed by atoms with Crippen molar-refractivity contribution in [1.29, 1.82) is 0 Å². The number of carbonyl (C=O) groups excluding carboxylic acids is 1. The van der Waals surface area contributed by atoms with Crippen molar-refractivity contribution in [3.63, 3.8) is 0 Å². The van der Waals surface area contributed by atoms with E-state index in [4.69, 9.17) is 16.3 Å². The molecule has 4 nitrogen and oxygen atoms in total. The van der Waals surface area contributed by atoms with Crippen LogP contribution in [0.3, 0.4) is 0 Å². The third kappa shape index (κ3) is 5.63. The largest absolute Gasteiger partial charge is 0.489 e. The van der Waals surface area contributed by atoms with Crippen LogP contribution in [0, 0.1) is 0 Å². The van der Waals surface area contributed by atoms with Crippen LogP contribution in [0.5, 0.6) is 5.75 Å². The van der Waals surface area contributed by atoms with E-state index < -0.39 is 0 Å². The molecule has 1 amide bonds. The summed E-state index contributed by atoms with van der Waals surface area (Å²) in [6.45, 7) is 2.54. The number of hydrogen-bond donors (Lipinski definition) is 2. The summed E-state index contributed by atoms with van der Waals surface area (Å²) in [5.41, 5.74) is 3.96. The van der Waals surface area contributed by atoms with Gasteiger partial charge in [0.25, 0.3) is 5.91 Å². The van der Waals surface area contributed by atoms with Crippen molar-refractivity contribution in [2.75, 3.05) is 5.32 Å². The van der Waals surface area contributed by atoms with Crippen molar-refractivity contribution in [3.8, 4) is 5.75 Å². The van der Waals surface area contributed by atoms with Crippen molar-refractivity contribution in [1.82, 2.24) is 5.32 Å². The fraction of sp³-hybridized carbons (Fsp3) is 0.160. The lowest BCUT2D eigenvalue weighted by Gasteiger charge is -2.12. The van der Waals surface area contributed by atoms with Gasteiger partial charge in [-0.3, -0.25) is 4.79 Å². The minimum absolute atomic E-state index is 0.0771. The molecule has 2 N–H and O–H groups in total. The van der Waals surface area contributed by atoms with Gasteiger partial charge in [-0.05, 0) is 54.0 Å². The van der Waals surface area contributed by atoms with Gasteiger partial charge in [0.1, 0.15) is 12.4 Å². The number of benzene rings is 3. The van der Waals surface area contributed by atoms with Gasteiger partial charge >= 0.3 is 0 Å². The van der Waals surface area contributed by atoms with E-state index in [1.165, 1.54) is 17.3 Å². The molecule has 1 aliphatic rings. The summed E-state index contributed by atoms with van der Waals surface area (Å²) in [7, 11) is 0. The summed E-state index contributed by atoms with van der Waals surface area (Å²) in [6, 6.07) is 23.5. The van der Waals surface area contributed by atoms with Crippen LogP contribution in [0.1, 0.15) is 23.6 Å². The van der Waals surface area contributed by atoms with Crippen LogP contribution in [0.25, 0.3) is 6.08 Å². The van der Waals surface area contributed by atoms with Crippen LogP contribution >= 0.6 is 23.4 Å². The molecule has 0 spiro atoms. The highest BCUT2D eigenvalue weighted by atomic mass is 35.5. The number of nitrogens with one attached hydrogen (secondary N) is 2. The van der Waals surface area contributed by atoms with Crippen LogP contribution in [0.15, 0.2) is 77.7 Å². The zero-order chi connectivity index (χ0) is 21.6. The van der Waals surface area contributed by atoms with E-state index in [1.54, 1.807) is 0 Å². The zero-order valence-electron chi connectivity index (χ0n) is 17.1. The maximum absolute atomic E-state index is 12.4. The fourth-order valence-electron chi connectivity index (χ4n) is 3.14. The molecule has 0 aromatic heterocycles. The highest BCUT2D eigenvalue weighted by Crippen LogP contribution is 2.30. The third-order valence-corrected chi connectivity index (χ3v) is 6.32. The number of carbonyl (C=O) groups is 1. The summed E-state index contributed by atoms with van der Waals surface area (Å²) in [6.07, 6.45) is 2.89. The molecule has 0 aliphatic carbocycles. The molecule has 1 atom stereocenters. The number of anilines is 1. The van der Waals surface area contributed by atoms with Gasteiger partial charge in [-0.15, -0.1) is 0 Å². The Bertz CT molecular complexity index is 1080. The minimum Gasteiger partial charge on any atom is -0.489 e. The molecule has 6 heteroatoms. The molecule has 1 fully saturated rings.